The molecule has 1 heterocycles. The number of nitrogens with two attached hydrogens (primary N) is 1. The topological polar surface area (TPSA) is 70.3 Å². The molecule has 1 aliphatic rings. The molecule has 1 saturated carbocycles. The number of rotatable bonds is 4. The van der Waals surface area contributed by atoms with Crippen LogP contribution in [-0.4, -0.2) is 28.7 Å². The molecule has 1 aromatic rings. The third kappa shape index (κ3) is 2.61. The van der Waals surface area contributed by atoms with Crippen LogP contribution in [0.25, 0.3) is 0 Å². The zero-order valence-corrected chi connectivity index (χ0v) is 9.43. The van der Waals surface area contributed by atoms with Crippen LogP contribution < -0.4 is 15.2 Å². The zero-order valence-electron chi connectivity index (χ0n) is 9.43. The highest BCUT2D eigenvalue weighted by molar-refractivity contribution is 5.18. The van der Waals surface area contributed by atoms with Crippen molar-refractivity contribution >= 4 is 0 Å². The van der Waals surface area contributed by atoms with E-state index in [0.717, 1.165) is 19.3 Å². The molecule has 0 aliphatic heterocycles. The van der Waals surface area contributed by atoms with Crippen LogP contribution in [-0.2, 0) is 0 Å². The summed E-state index contributed by atoms with van der Waals surface area (Å²) in [6.07, 6.45) is 4.66. The fourth-order valence-electron chi connectivity index (χ4n) is 1.87. The maximum absolute atomic E-state index is 5.92. The summed E-state index contributed by atoms with van der Waals surface area (Å²) in [5.41, 5.74) is 5.92. The Morgan fingerprint density at radius 1 is 1.38 bits per heavy atom. The molecule has 2 rings (SSSR count). The average molecular weight is 223 g/mol. The first kappa shape index (κ1) is 11.1. The Bertz CT molecular complexity index is 346. The van der Waals surface area contributed by atoms with E-state index in [1.54, 1.807) is 6.07 Å². The predicted molar refractivity (Wildman–Crippen MR) is 59.4 cm³/mol. The maximum Gasteiger partial charge on any atom is 0.220 e. The van der Waals surface area contributed by atoms with Gasteiger partial charge in [0.05, 0.1) is 12.7 Å². The van der Waals surface area contributed by atoms with E-state index in [2.05, 4.69) is 9.97 Å². The molecule has 0 radical (unpaired) electrons. The third-order valence-electron chi connectivity index (χ3n) is 2.68. The van der Waals surface area contributed by atoms with Crippen molar-refractivity contribution in [2.24, 2.45) is 5.73 Å². The van der Waals surface area contributed by atoms with Crippen molar-refractivity contribution in [3.8, 4) is 11.8 Å². The molecular weight excluding hydrogens is 206 g/mol. The monoisotopic (exact) mass is 223 g/mol. The second-order valence-corrected chi connectivity index (χ2v) is 3.88. The van der Waals surface area contributed by atoms with E-state index in [9.17, 15) is 0 Å². The molecule has 0 bridgehead atoms. The second kappa shape index (κ2) is 5.12. The van der Waals surface area contributed by atoms with Crippen molar-refractivity contribution in [3.05, 3.63) is 12.4 Å². The van der Waals surface area contributed by atoms with Crippen LogP contribution in [0.15, 0.2) is 12.4 Å². The molecule has 0 amide bonds. The molecule has 1 aliphatic carbocycles. The zero-order chi connectivity index (χ0) is 11.4. The third-order valence-corrected chi connectivity index (χ3v) is 2.68. The summed E-state index contributed by atoms with van der Waals surface area (Å²) in [5, 5.41) is 0. The van der Waals surface area contributed by atoms with Crippen LogP contribution in [0.3, 0.4) is 0 Å². The van der Waals surface area contributed by atoms with E-state index in [0.29, 0.717) is 18.4 Å². The van der Waals surface area contributed by atoms with E-state index in [4.69, 9.17) is 15.2 Å². The lowest BCUT2D eigenvalue weighted by molar-refractivity contribution is 0.182. The quantitative estimate of drug-likeness (QED) is 0.828. The molecular formula is C11H17N3O2. The number of nitrogens with zero attached hydrogens (tertiary/aromatic N) is 2. The molecule has 1 fully saturated rings. The normalized spacial score (nSPS) is 24.4. The van der Waals surface area contributed by atoms with Crippen molar-refractivity contribution in [3.63, 3.8) is 0 Å². The largest absolute Gasteiger partial charge is 0.478 e. The standard InChI is InChI=1S/C11H17N3O2/c1-2-15-10-6-11(14-7-13-10)16-9-5-3-4-8(9)12/h6-9H,2-5,12H2,1H3. The predicted octanol–water partition coefficient (Wildman–Crippen LogP) is 1.13. The Labute approximate surface area is 95.0 Å². The minimum atomic E-state index is 0.0735. The summed E-state index contributed by atoms with van der Waals surface area (Å²) in [6, 6.07) is 1.82. The lowest BCUT2D eigenvalue weighted by Gasteiger charge is -2.16. The lowest BCUT2D eigenvalue weighted by Crippen LogP contribution is -2.33. The van der Waals surface area contributed by atoms with Gasteiger partial charge in [0.1, 0.15) is 12.4 Å². The van der Waals surface area contributed by atoms with E-state index in [-0.39, 0.29) is 12.1 Å². The molecule has 0 aromatic carbocycles. The molecule has 16 heavy (non-hydrogen) atoms. The van der Waals surface area contributed by atoms with Crippen molar-refractivity contribution in [1.29, 1.82) is 0 Å². The summed E-state index contributed by atoms with van der Waals surface area (Å²) in [4.78, 5) is 8.03. The van der Waals surface area contributed by atoms with Crippen molar-refractivity contribution in [1.82, 2.24) is 9.97 Å². The average Bonchev–Trinajstić information content (AvgIpc) is 2.66. The molecule has 0 spiro atoms. The number of aromatic nitrogens is 2. The molecule has 88 valence electrons. The van der Waals surface area contributed by atoms with Gasteiger partial charge in [0.15, 0.2) is 0 Å². The van der Waals surface area contributed by atoms with Crippen molar-refractivity contribution < 1.29 is 9.47 Å². The fourth-order valence-corrected chi connectivity index (χ4v) is 1.87. The van der Waals surface area contributed by atoms with E-state index < -0.39 is 0 Å². The molecule has 2 atom stereocenters. The van der Waals surface area contributed by atoms with Crippen LogP contribution in [0.2, 0.25) is 0 Å². The minimum absolute atomic E-state index is 0.0735. The highest BCUT2D eigenvalue weighted by atomic mass is 16.5. The van der Waals surface area contributed by atoms with Gasteiger partial charge in [-0.15, -0.1) is 0 Å². The number of hydrogen-bond donors (Lipinski definition) is 1. The van der Waals surface area contributed by atoms with Crippen molar-refractivity contribution in [2.45, 2.75) is 38.3 Å². The first-order chi connectivity index (χ1) is 7.79. The summed E-state index contributed by atoms with van der Waals surface area (Å²) < 4.78 is 11.0. The van der Waals surface area contributed by atoms with Gasteiger partial charge in [-0.1, -0.05) is 0 Å². The van der Waals surface area contributed by atoms with Crippen LogP contribution in [0.1, 0.15) is 26.2 Å². The van der Waals surface area contributed by atoms with Gasteiger partial charge in [-0.2, -0.15) is 0 Å². The summed E-state index contributed by atoms with van der Waals surface area (Å²) in [6.45, 7) is 2.49. The van der Waals surface area contributed by atoms with Gasteiger partial charge in [0, 0.05) is 6.04 Å². The minimum Gasteiger partial charge on any atom is -0.478 e. The van der Waals surface area contributed by atoms with Gasteiger partial charge < -0.3 is 15.2 Å². The number of ether oxygens (including phenoxy) is 2. The van der Waals surface area contributed by atoms with Crippen LogP contribution >= 0.6 is 0 Å². The molecule has 2 unspecified atom stereocenters. The summed E-state index contributed by atoms with van der Waals surface area (Å²) in [7, 11) is 0. The lowest BCUT2D eigenvalue weighted by atomic mass is 10.2. The van der Waals surface area contributed by atoms with Crippen LogP contribution in [0.5, 0.6) is 11.8 Å². The SMILES string of the molecule is CCOc1cc(OC2CCCC2N)ncn1. The van der Waals surface area contributed by atoms with Gasteiger partial charge in [0.25, 0.3) is 0 Å². The van der Waals surface area contributed by atoms with Gasteiger partial charge in [-0.3, -0.25) is 0 Å². The Morgan fingerprint density at radius 2 is 2.19 bits per heavy atom. The van der Waals surface area contributed by atoms with Crippen LogP contribution in [0.4, 0.5) is 0 Å². The Morgan fingerprint density at radius 3 is 2.88 bits per heavy atom. The van der Waals surface area contributed by atoms with E-state index in [1.165, 1.54) is 6.33 Å². The highest BCUT2D eigenvalue weighted by Gasteiger charge is 2.26. The Balaban J connectivity index is 2.00. The second-order valence-electron chi connectivity index (χ2n) is 3.88. The van der Waals surface area contributed by atoms with E-state index >= 15 is 0 Å². The molecule has 1 aromatic heterocycles. The molecule has 5 nitrogen and oxygen atoms in total. The van der Waals surface area contributed by atoms with Gasteiger partial charge in [0.2, 0.25) is 11.8 Å². The fraction of sp³-hybridized carbons (Fsp3) is 0.636. The molecule has 0 saturated heterocycles. The van der Waals surface area contributed by atoms with Crippen LogP contribution in [0, 0.1) is 0 Å². The highest BCUT2D eigenvalue weighted by Crippen LogP contribution is 2.23. The number of hydrogen-bond acceptors (Lipinski definition) is 5. The molecule has 2 N–H and O–H groups in total. The summed E-state index contributed by atoms with van der Waals surface area (Å²) >= 11 is 0. The first-order valence-electron chi connectivity index (χ1n) is 5.66. The van der Waals surface area contributed by atoms with Gasteiger partial charge in [-0.05, 0) is 26.2 Å². The van der Waals surface area contributed by atoms with Gasteiger partial charge in [-0.25, -0.2) is 9.97 Å². The van der Waals surface area contributed by atoms with Gasteiger partial charge >= 0.3 is 0 Å². The smallest absolute Gasteiger partial charge is 0.220 e. The molecule has 5 heteroatoms. The van der Waals surface area contributed by atoms with E-state index in [1.807, 2.05) is 6.92 Å². The summed E-state index contributed by atoms with van der Waals surface area (Å²) in [5.74, 6) is 1.08. The Hall–Kier alpha value is -1.36. The Kier molecular flexibility index (Phi) is 3.56. The van der Waals surface area contributed by atoms with Crippen molar-refractivity contribution in [2.75, 3.05) is 6.61 Å². The maximum atomic E-state index is 5.92. The first-order valence-corrected chi connectivity index (χ1v) is 5.66.